The summed E-state index contributed by atoms with van der Waals surface area (Å²) in [6.45, 7) is 4.06. The molecule has 0 aliphatic carbocycles. The maximum atomic E-state index is 11.7. The predicted molar refractivity (Wildman–Crippen MR) is 69.6 cm³/mol. The minimum atomic E-state index is -0.206. The van der Waals surface area contributed by atoms with Gasteiger partial charge in [-0.2, -0.15) is 5.10 Å². The number of H-pyrrole nitrogens is 1. The summed E-state index contributed by atoms with van der Waals surface area (Å²) in [5.41, 5.74) is 1.91. The number of thiazole rings is 1. The molecule has 17 heavy (non-hydrogen) atoms. The predicted octanol–water partition coefficient (Wildman–Crippen LogP) is 2.06. The summed E-state index contributed by atoms with van der Waals surface area (Å²) >= 11 is 1.47. The van der Waals surface area contributed by atoms with Gasteiger partial charge in [0.25, 0.3) is 5.56 Å². The Hall–Kier alpha value is -1.69. The molecule has 2 aromatic rings. The maximum absolute atomic E-state index is 11.7. The zero-order valence-corrected chi connectivity index (χ0v) is 10.8. The lowest BCUT2D eigenvalue weighted by atomic mass is 10.1. The van der Waals surface area contributed by atoms with Crippen LogP contribution in [0.1, 0.15) is 25.5 Å². The average Bonchev–Trinajstić information content (AvgIpc) is 2.77. The molecular formula is C11H14N4OS. The molecule has 6 heteroatoms. The van der Waals surface area contributed by atoms with Crippen LogP contribution in [-0.4, -0.2) is 22.2 Å². The molecule has 0 unspecified atom stereocenters. The molecule has 2 rings (SSSR count). The number of aromatic nitrogens is 3. The van der Waals surface area contributed by atoms with Crippen molar-refractivity contribution in [2.24, 2.45) is 0 Å². The molecule has 2 aromatic heterocycles. The first-order chi connectivity index (χ1) is 8.11. The number of hydrogen-bond donors (Lipinski definition) is 2. The van der Waals surface area contributed by atoms with Crippen molar-refractivity contribution in [3.8, 4) is 11.3 Å². The van der Waals surface area contributed by atoms with Crippen LogP contribution >= 0.6 is 11.3 Å². The second-order valence-electron chi connectivity index (χ2n) is 3.98. The van der Waals surface area contributed by atoms with E-state index in [0.29, 0.717) is 11.3 Å². The molecular weight excluding hydrogens is 236 g/mol. The Balaban J connectivity index is 2.50. The Morgan fingerprint density at radius 2 is 2.24 bits per heavy atom. The Morgan fingerprint density at radius 3 is 2.82 bits per heavy atom. The molecule has 0 aliphatic rings. The van der Waals surface area contributed by atoms with Crippen molar-refractivity contribution in [3.05, 3.63) is 27.5 Å². The van der Waals surface area contributed by atoms with Crippen LogP contribution in [0.2, 0.25) is 0 Å². The van der Waals surface area contributed by atoms with Crippen LogP contribution in [0.25, 0.3) is 11.3 Å². The van der Waals surface area contributed by atoms with Crippen molar-refractivity contribution >= 4 is 16.5 Å². The van der Waals surface area contributed by atoms with Crippen LogP contribution in [0, 0.1) is 0 Å². The molecule has 2 heterocycles. The fourth-order valence-corrected chi connectivity index (χ4v) is 2.09. The third-order valence-corrected chi connectivity index (χ3v) is 3.27. The highest BCUT2D eigenvalue weighted by Gasteiger charge is 2.11. The van der Waals surface area contributed by atoms with Crippen molar-refractivity contribution < 1.29 is 0 Å². The van der Waals surface area contributed by atoms with Crippen molar-refractivity contribution in [2.75, 3.05) is 12.4 Å². The summed E-state index contributed by atoms with van der Waals surface area (Å²) in [5.74, 6) is 0.271. The van der Waals surface area contributed by atoms with Crippen LogP contribution in [0.15, 0.2) is 16.2 Å². The second-order valence-corrected chi connectivity index (χ2v) is 4.84. The third-order valence-electron chi connectivity index (χ3n) is 2.41. The number of anilines is 1. The molecule has 0 amide bonds. The van der Waals surface area contributed by atoms with Gasteiger partial charge < -0.3 is 5.32 Å². The molecule has 2 N–H and O–H groups in total. The number of hydrogen-bond acceptors (Lipinski definition) is 5. The molecule has 0 saturated carbocycles. The summed E-state index contributed by atoms with van der Waals surface area (Å²) in [5, 5.41) is 12.1. The van der Waals surface area contributed by atoms with E-state index in [2.05, 4.69) is 20.5 Å². The molecule has 5 nitrogen and oxygen atoms in total. The Morgan fingerprint density at radius 1 is 1.47 bits per heavy atom. The number of rotatable bonds is 3. The number of nitrogens with zero attached hydrogens (tertiary/aromatic N) is 2. The van der Waals surface area contributed by atoms with E-state index in [4.69, 9.17) is 0 Å². The standard InChI is InChI=1S/C11H14N4OS/c1-6(2)8-4-7(10(16)15-14-8)9-5-17-11(12-3)13-9/h4-6H,1-3H3,(H,12,13)(H,15,16). The van der Waals surface area contributed by atoms with Crippen molar-refractivity contribution in [2.45, 2.75) is 19.8 Å². The van der Waals surface area contributed by atoms with Gasteiger partial charge in [0.05, 0.1) is 17.0 Å². The smallest absolute Gasteiger partial charge is 0.273 e. The summed E-state index contributed by atoms with van der Waals surface area (Å²) in [4.78, 5) is 16.0. The van der Waals surface area contributed by atoms with E-state index in [1.54, 1.807) is 13.1 Å². The highest BCUT2D eigenvalue weighted by molar-refractivity contribution is 7.14. The normalized spacial score (nSPS) is 10.8. The molecule has 0 radical (unpaired) electrons. The first kappa shape index (κ1) is 11.8. The lowest BCUT2D eigenvalue weighted by Gasteiger charge is -2.04. The van der Waals surface area contributed by atoms with Crippen LogP contribution < -0.4 is 10.9 Å². The van der Waals surface area contributed by atoms with Gasteiger partial charge in [-0.1, -0.05) is 13.8 Å². The van der Waals surface area contributed by atoms with Gasteiger partial charge in [0, 0.05) is 12.4 Å². The first-order valence-corrected chi connectivity index (χ1v) is 6.23. The number of nitrogens with one attached hydrogen (secondary N) is 2. The molecule has 0 fully saturated rings. The summed E-state index contributed by atoms with van der Waals surface area (Å²) in [6, 6.07) is 1.80. The molecule has 0 atom stereocenters. The quantitative estimate of drug-likeness (QED) is 0.874. The zero-order chi connectivity index (χ0) is 12.4. The molecule has 0 spiro atoms. The molecule has 0 saturated heterocycles. The van der Waals surface area contributed by atoms with E-state index < -0.39 is 0 Å². The Labute approximate surface area is 103 Å². The van der Waals surface area contributed by atoms with E-state index in [0.717, 1.165) is 10.8 Å². The van der Waals surface area contributed by atoms with Crippen molar-refractivity contribution in [1.29, 1.82) is 0 Å². The van der Waals surface area contributed by atoms with E-state index in [1.165, 1.54) is 11.3 Å². The molecule has 0 aromatic carbocycles. The molecule has 0 aliphatic heterocycles. The van der Waals surface area contributed by atoms with E-state index >= 15 is 0 Å². The minimum absolute atomic E-state index is 0.206. The lowest BCUT2D eigenvalue weighted by molar-refractivity contribution is 0.778. The Kier molecular flexibility index (Phi) is 3.23. The van der Waals surface area contributed by atoms with Gasteiger partial charge in [0.2, 0.25) is 0 Å². The minimum Gasteiger partial charge on any atom is -0.365 e. The van der Waals surface area contributed by atoms with Gasteiger partial charge in [-0.25, -0.2) is 10.1 Å². The topological polar surface area (TPSA) is 70.7 Å². The van der Waals surface area contributed by atoms with Gasteiger partial charge in [-0.05, 0) is 12.0 Å². The first-order valence-electron chi connectivity index (χ1n) is 5.35. The Bertz CT molecular complexity index is 573. The maximum Gasteiger partial charge on any atom is 0.273 e. The summed E-state index contributed by atoms with van der Waals surface area (Å²) in [6.07, 6.45) is 0. The van der Waals surface area contributed by atoms with E-state index in [1.807, 2.05) is 19.2 Å². The average molecular weight is 250 g/mol. The summed E-state index contributed by atoms with van der Waals surface area (Å²) < 4.78 is 0. The second kappa shape index (κ2) is 4.67. The van der Waals surface area contributed by atoms with Gasteiger partial charge >= 0.3 is 0 Å². The largest absolute Gasteiger partial charge is 0.365 e. The summed E-state index contributed by atoms with van der Waals surface area (Å²) in [7, 11) is 1.80. The van der Waals surface area contributed by atoms with Gasteiger partial charge in [-0.15, -0.1) is 11.3 Å². The zero-order valence-electron chi connectivity index (χ0n) is 9.94. The van der Waals surface area contributed by atoms with Gasteiger partial charge in [-0.3, -0.25) is 4.79 Å². The highest BCUT2D eigenvalue weighted by atomic mass is 32.1. The SMILES string of the molecule is CNc1nc(-c2cc(C(C)C)n[nH]c2=O)cs1. The molecule has 0 bridgehead atoms. The monoisotopic (exact) mass is 250 g/mol. The highest BCUT2D eigenvalue weighted by Crippen LogP contribution is 2.23. The van der Waals surface area contributed by atoms with E-state index in [9.17, 15) is 4.79 Å². The van der Waals surface area contributed by atoms with Crippen molar-refractivity contribution in [3.63, 3.8) is 0 Å². The van der Waals surface area contributed by atoms with Crippen LogP contribution in [0.3, 0.4) is 0 Å². The fourth-order valence-electron chi connectivity index (χ4n) is 1.42. The van der Waals surface area contributed by atoms with Gasteiger partial charge in [0.15, 0.2) is 5.13 Å². The lowest BCUT2D eigenvalue weighted by Crippen LogP contribution is -2.13. The molecule has 90 valence electrons. The van der Waals surface area contributed by atoms with Crippen LogP contribution in [0.5, 0.6) is 0 Å². The van der Waals surface area contributed by atoms with E-state index in [-0.39, 0.29) is 11.5 Å². The van der Waals surface area contributed by atoms with Crippen LogP contribution in [0.4, 0.5) is 5.13 Å². The number of aromatic amines is 1. The van der Waals surface area contributed by atoms with Crippen molar-refractivity contribution in [1.82, 2.24) is 15.2 Å². The third kappa shape index (κ3) is 2.36. The fraction of sp³-hybridized carbons (Fsp3) is 0.364. The van der Waals surface area contributed by atoms with Gasteiger partial charge in [0.1, 0.15) is 0 Å². The van der Waals surface area contributed by atoms with Crippen LogP contribution in [-0.2, 0) is 0 Å².